The Morgan fingerprint density at radius 2 is 1.19 bits per heavy atom. The van der Waals surface area contributed by atoms with Gasteiger partial charge in [0.05, 0.1) is 5.60 Å². The van der Waals surface area contributed by atoms with E-state index in [4.69, 9.17) is 29.4 Å². The lowest BCUT2D eigenvalue weighted by molar-refractivity contribution is -0.102. The van der Waals surface area contributed by atoms with E-state index in [2.05, 4.69) is 6.92 Å². The summed E-state index contributed by atoms with van der Waals surface area (Å²) >= 11 is 0. The summed E-state index contributed by atoms with van der Waals surface area (Å²) in [4.78, 5) is 0. The first-order valence-corrected chi connectivity index (χ1v) is 12.8. The van der Waals surface area contributed by atoms with E-state index in [1.807, 2.05) is 0 Å². The molecule has 0 spiro atoms. The van der Waals surface area contributed by atoms with Crippen LogP contribution in [0, 0.1) is 0 Å². The summed E-state index contributed by atoms with van der Waals surface area (Å²) < 4.78 is 27.3. The molecule has 2 N–H and O–H groups in total. The first-order chi connectivity index (χ1) is 13.1. The second kappa shape index (κ2) is 18.6. The third-order valence-electron chi connectivity index (χ3n) is 4.73. The summed E-state index contributed by atoms with van der Waals surface area (Å²) in [6, 6.07) is 0. The molecule has 2 atom stereocenters. The molecule has 0 aromatic carbocycles. The van der Waals surface area contributed by atoms with E-state index >= 15 is 0 Å². The van der Waals surface area contributed by atoms with Crippen molar-refractivity contribution in [3.8, 4) is 0 Å². The molecule has 0 aliphatic rings. The number of nitrogens with two attached hydrogens (primary N) is 1. The maximum absolute atomic E-state index is 6.24. The molecule has 0 saturated carbocycles. The number of rotatable bonds is 20. The van der Waals surface area contributed by atoms with E-state index < -0.39 is 0 Å². The first kappa shape index (κ1) is 27.6. The second-order valence-corrected chi connectivity index (χ2v) is 9.53. The van der Waals surface area contributed by atoms with Crippen LogP contribution in [-0.4, -0.2) is 84.4 Å². The number of hydrogen-bond donors (Lipinski definition) is 1. The van der Waals surface area contributed by atoms with E-state index in [0.29, 0.717) is 6.54 Å². The standard InChI is InChI=1S/C19H43NO5P2/c1-6-25-19(9-12-20,10-15-26-13-7-17(21-2)22-3)11-16-27-14-8-18(23-4)24-5/h17-18,26-27H,6-16,20H2,1-5H3. The minimum atomic E-state index is -0.0811. The molecule has 0 radical (unpaired) electrons. The minimum Gasteiger partial charge on any atom is -0.375 e. The first-order valence-electron chi connectivity index (χ1n) is 9.98. The smallest absolute Gasteiger partial charge is 0.157 e. The third-order valence-corrected chi connectivity index (χ3v) is 7.22. The Bertz CT molecular complexity index is 288. The van der Waals surface area contributed by atoms with Crippen LogP contribution in [0.5, 0.6) is 0 Å². The average molecular weight is 428 g/mol. The lowest BCUT2D eigenvalue weighted by Gasteiger charge is -2.34. The average Bonchev–Trinajstić information content (AvgIpc) is 2.68. The monoisotopic (exact) mass is 427 g/mol. The second-order valence-electron chi connectivity index (χ2n) is 6.53. The fraction of sp³-hybridized carbons (Fsp3) is 1.00. The molecule has 6 nitrogen and oxygen atoms in total. The van der Waals surface area contributed by atoms with Gasteiger partial charge in [0.15, 0.2) is 12.6 Å². The number of methoxy groups -OCH3 is 4. The van der Waals surface area contributed by atoms with Crippen molar-refractivity contribution in [1.82, 2.24) is 0 Å². The van der Waals surface area contributed by atoms with Crippen LogP contribution in [0.25, 0.3) is 0 Å². The number of ether oxygens (including phenoxy) is 5. The zero-order valence-electron chi connectivity index (χ0n) is 18.1. The Morgan fingerprint density at radius 1 is 0.741 bits per heavy atom. The van der Waals surface area contributed by atoms with E-state index in [0.717, 1.165) is 68.2 Å². The number of hydrogen-bond acceptors (Lipinski definition) is 6. The maximum atomic E-state index is 6.24. The lowest BCUT2D eigenvalue weighted by Crippen LogP contribution is -2.36. The highest BCUT2D eigenvalue weighted by atomic mass is 31.1. The van der Waals surface area contributed by atoms with Gasteiger partial charge in [-0.05, 0) is 57.4 Å². The van der Waals surface area contributed by atoms with Crippen molar-refractivity contribution in [3.05, 3.63) is 0 Å². The van der Waals surface area contributed by atoms with Crippen LogP contribution in [-0.2, 0) is 23.7 Å². The van der Waals surface area contributed by atoms with Crippen molar-refractivity contribution >= 4 is 17.2 Å². The van der Waals surface area contributed by atoms with Crippen molar-refractivity contribution in [2.24, 2.45) is 5.73 Å². The fourth-order valence-corrected chi connectivity index (χ4v) is 5.79. The molecule has 0 amide bonds. The molecule has 0 aromatic rings. The Balaban J connectivity index is 4.29. The van der Waals surface area contributed by atoms with Crippen molar-refractivity contribution < 1.29 is 23.7 Å². The van der Waals surface area contributed by atoms with Crippen LogP contribution in [0.1, 0.15) is 39.0 Å². The van der Waals surface area contributed by atoms with Gasteiger partial charge in [-0.25, -0.2) is 0 Å². The molecule has 0 rings (SSSR count). The molecule has 0 fully saturated rings. The van der Waals surface area contributed by atoms with Gasteiger partial charge < -0.3 is 29.4 Å². The zero-order chi connectivity index (χ0) is 20.4. The summed E-state index contributed by atoms with van der Waals surface area (Å²) in [6.45, 7) is 3.51. The molecule has 2 unspecified atom stereocenters. The Hall–Kier alpha value is 0.620. The predicted octanol–water partition coefficient (Wildman–Crippen LogP) is 3.27. The predicted molar refractivity (Wildman–Crippen MR) is 118 cm³/mol. The molecule has 27 heavy (non-hydrogen) atoms. The molecule has 0 aliphatic carbocycles. The van der Waals surface area contributed by atoms with Gasteiger partial charge in [-0.1, -0.05) is 0 Å². The third kappa shape index (κ3) is 13.5. The summed E-state index contributed by atoms with van der Waals surface area (Å²) in [5.41, 5.74) is 5.85. The van der Waals surface area contributed by atoms with Crippen LogP contribution >= 0.6 is 17.2 Å². The highest BCUT2D eigenvalue weighted by Gasteiger charge is 2.29. The maximum Gasteiger partial charge on any atom is 0.157 e. The molecule has 8 heteroatoms. The molecule has 164 valence electrons. The summed E-state index contributed by atoms with van der Waals surface area (Å²) in [5.74, 6) is 0. The van der Waals surface area contributed by atoms with Gasteiger partial charge in [-0.2, -0.15) is 0 Å². The lowest BCUT2D eigenvalue weighted by atomic mass is 9.93. The van der Waals surface area contributed by atoms with Gasteiger partial charge in [0.25, 0.3) is 0 Å². The highest BCUT2D eigenvalue weighted by Crippen LogP contribution is 2.32. The van der Waals surface area contributed by atoms with Gasteiger partial charge in [0.1, 0.15) is 0 Å². The topological polar surface area (TPSA) is 72.2 Å². The van der Waals surface area contributed by atoms with Gasteiger partial charge in [0.2, 0.25) is 0 Å². The van der Waals surface area contributed by atoms with E-state index in [1.165, 1.54) is 12.3 Å². The van der Waals surface area contributed by atoms with Gasteiger partial charge >= 0.3 is 0 Å². The molecular weight excluding hydrogens is 384 g/mol. The minimum absolute atomic E-state index is 0.0622. The fourth-order valence-electron chi connectivity index (χ4n) is 3.15. The quantitative estimate of drug-likeness (QED) is 0.183. The van der Waals surface area contributed by atoms with Crippen LogP contribution in [0.2, 0.25) is 0 Å². The van der Waals surface area contributed by atoms with Crippen molar-refractivity contribution in [2.45, 2.75) is 57.2 Å². The van der Waals surface area contributed by atoms with Crippen LogP contribution in [0.3, 0.4) is 0 Å². The van der Waals surface area contributed by atoms with Crippen molar-refractivity contribution in [2.75, 3.05) is 66.2 Å². The molecule has 0 saturated heterocycles. The normalized spacial score (nSPS) is 15.1. The Kier molecular flexibility index (Phi) is 19.1. The summed E-state index contributed by atoms with van der Waals surface area (Å²) in [6.07, 6.45) is 9.48. The molecule has 0 aliphatic heterocycles. The van der Waals surface area contributed by atoms with Crippen molar-refractivity contribution in [3.63, 3.8) is 0 Å². The SMILES string of the molecule is CCOC(CCN)(CCPCCC(OC)OC)CCPCCC(OC)OC. The molecule has 0 heterocycles. The highest BCUT2D eigenvalue weighted by molar-refractivity contribution is 7.38. The van der Waals surface area contributed by atoms with E-state index in [-0.39, 0.29) is 18.2 Å². The molecular formula is C19H43NO5P2. The molecule has 0 aromatic heterocycles. The van der Waals surface area contributed by atoms with Crippen LogP contribution < -0.4 is 5.73 Å². The van der Waals surface area contributed by atoms with E-state index in [9.17, 15) is 0 Å². The van der Waals surface area contributed by atoms with Crippen molar-refractivity contribution in [1.29, 1.82) is 0 Å². The summed E-state index contributed by atoms with van der Waals surface area (Å²) in [5, 5.41) is 0. The largest absolute Gasteiger partial charge is 0.375 e. The van der Waals surface area contributed by atoms with Gasteiger partial charge in [-0.3, -0.25) is 0 Å². The van der Waals surface area contributed by atoms with Gasteiger partial charge in [-0.15, -0.1) is 17.2 Å². The van der Waals surface area contributed by atoms with E-state index in [1.54, 1.807) is 28.4 Å². The van der Waals surface area contributed by atoms with Crippen LogP contribution in [0.4, 0.5) is 0 Å². The Morgan fingerprint density at radius 3 is 1.52 bits per heavy atom. The van der Waals surface area contributed by atoms with Gasteiger partial charge in [0, 0.05) is 47.9 Å². The Labute approximate surface area is 170 Å². The molecule has 0 bridgehead atoms. The summed E-state index contributed by atoms with van der Waals surface area (Å²) in [7, 11) is 8.59. The van der Waals surface area contributed by atoms with Crippen LogP contribution in [0.15, 0.2) is 0 Å². The zero-order valence-corrected chi connectivity index (χ0v) is 20.1.